The lowest BCUT2D eigenvalue weighted by Gasteiger charge is -1.99. The molecule has 0 saturated heterocycles. The first kappa shape index (κ1) is 12.1. The Balaban J connectivity index is 2.02. The van der Waals surface area contributed by atoms with E-state index in [0.717, 1.165) is 24.5 Å². The van der Waals surface area contributed by atoms with Crippen LogP contribution in [-0.4, -0.2) is 30.5 Å². The Morgan fingerprint density at radius 1 is 1.47 bits per heavy atom. The zero-order chi connectivity index (χ0) is 12.1. The van der Waals surface area contributed by atoms with Crippen LogP contribution in [0, 0.1) is 0 Å². The van der Waals surface area contributed by atoms with E-state index in [1.807, 2.05) is 6.07 Å². The summed E-state index contributed by atoms with van der Waals surface area (Å²) in [5.74, 6) is 0.864. The lowest BCUT2D eigenvalue weighted by molar-refractivity contribution is 0.210. The van der Waals surface area contributed by atoms with E-state index in [1.54, 1.807) is 18.4 Å². The van der Waals surface area contributed by atoms with Crippen LogP contribution in [0.1, 0.15) is 11.8 Å². The van der Waals surface area contributed by atoms with Gasteiger partial charge in [-0.05, 0) is 18.6 Å². The van der Waals surface area contributed by atoms with Gasteiger partial charge in [0.2, 0.25) is 0 Å². The number of aromatic nitrogens is 2. The second-order valence-electron chi connectivity index (χ2n) is 3.71. The molecule has 0 aliphatic heterocycles. The van der Waals surface area contributed by atoms with E-state index in [4.69, 9.17) is 4.74 Å². The molecule has 2 N–H and O–H groups in total. The number of hydrogen-bond acceptors (Lipinski definition) is 4. The number of nitrogens with one attached hydrogen (secondary N) is 2. The number of thiophene rings is 1. The summed E-state index contributed by atoms with van der Waals surface area (Å²) in [5, 5.41) is 10.5. The molecule has 4 nitrogen and oxygen atoms in total. The van der Waals surface area contributed by atoms with Gasteiger partial charge in [-0.25, -0.2) is 0 Å². The number of anilines is 1. The zero-order valence-electron chi connectivity index (χ0n) is 10.1. The van der Waals surface area contributed by atoms with Crippen LogP contribution in [0.5, 0.6) is 0 Å². The molecule has 0 aliphatic carbocycles. The maximum Gasteiger partial charge on any atom is 0.148 e. The summed E-state index contributed by atoms with van der Waals surface area (Å²) < 4.78 is 4.97. The molecule has 0 aliphatic rings. The summed E-state index contributed by atoms with van der Waals surface area (Å²) in [6, 6.07) is 6.33. The van der Waals surface area contributed by atoms with E-state index >= 15 is 0 Å². The Bertz CT molecular complexity index is 464. The summed E-state index contributed by atoms with van der Waals surface area (Å²) in [6.45, 7) is 3.62. The number of methoxy groups -OCH3 is 1. The van der Waals surface area contributed by atoms with Crippen LogP contribution in [0.2, 0.25) is 0 Å². The van der Waals surface area contributed by atoms with Gasteiger partial charge in [0.05, 0.1) is 17.2 Å². The standard InChI is InChI=1S/C12H17N3OS/c1-3-9-4-5-11(17-9)10-8-12(15-14-10)13-6-7-16-2/h4-5,8H,3,6-7H2,1-2H3,(H2,13,14,15). The fraction of sp³-hybridized carbons (Fsp3) is 0.417. The molecule has 92 valence electrons. The highest BCUT2D eigenvalue weighted by Crippen LogP contribution is 2.28. The zero-order valence-corrected chi connectivity index (χ0v) is 10.9. The predicted molar refractivity (Wildman–Crippen MR) is 71.6 cm³/mol. The molecule has 0 unspecified atom stereocenters. The SMILES string of the molecule is CCc1ccc(-c2cc(NCCOC)n[nH]2)s1. The number of ether oxygens (including phenoxy) is 1. The molecule has 2 heterocycles. The molecule has 0 bridgehead atoms. The van der Waals surface area contributed by atoms with Crippen LogP contribution in [0.25, 0.3) is 10.6 Å². The third-order valence-electron chi connectivity index (χ3n) is 2.47. The smallest absolute Gasteiger partial charge is 0.148 e. The van der Waals surface area contributed by atoms with Crippen molar-refractivity contribution in [2.75, 3.05) is 25.6 Å². The first-order chi connectivity index (χ1) is 8.33. The van der Waals surface area contributed by atoms with Crippen LogP contribution >= 0.6 is 11.3 Å². The molecule has 0 spiro atoms. The van der Waals surface area contributed by atoms with E-state index < -0.39 is 0 Å². The monoisotopic (exact) mass is 251 g/mol. The molecule has 2 aromatic rings. The van der Waals surface area contributed by atoms with Gasteiger partial charge in [0, 0.05) is 24.6 Å². The van der Waals surface area contributed by atoms with Gasteiger partial charge < -0.3 is 10.1 Å². The van der Waals surface area contributed by atoms with Crippen molar-refractivity contribution in [1.82, 2.24) is 10.2 Å². The normalized spacial score (nSPS) is 10.7. The van der Waals surface area contributed by atoms with E-state index in [1.165, 1.54) is 9.75 Å². The van der Waals surface area contributed by atoms with Gasteiger partial charge in [0.1, 0.15) is 5.82 Å². The number of nitrogens with zero attached hydrogens (tertiary/aromatic N) is 1. The van der Waals surface area contributed by atoms with Crippen LogP contribution in [0.15, 0.2) is 18.2 Å². The van der Waals surface area contributed by atoms with Gasteiger partial charge >= 0.3 is 0 Å². The van der Waals surface area contributed by atoms with E-state index in [-0.39, 0.29) is 0 Å². The minimum Gasteiger partial charge on any atom is -0.383 e. The minimum absolute atomic E-state index is 0.682. The molecule has 0 saturated carbocycles. The molecule has 0 radical (unpaired) electrons. The summed E-state index contributed by atoms with van der Waals surface area (Å²) in [4.78, 5) is 2.62. The molecular weight excluding hydrogens is 234 g/mol. The number of hydrogen-bond donors (Lipinski definition) is 2. The van der Waals surface area contributed by atoms with Crippen molar-refractivity contribution < 1.29 is 4.74 Å². The molecule has 0 fully saturated rings. The summed E-state index contributed by atoms with van der Waals surface area (Å²) in [6.07, 6.45) is 1.08. The molecule has 2 aromatic heterocycles. The molecule has 5 heteroatoms. The predicted octanol–water partition coefficient (Wildman–Crippen LogP) is 2.76. The summed E-state index contributed by atoms with van der Waals surface area (Å²) >= 11 is 1.80. The summed E-state index contributed by atoms with van der Waals surface area (Å²) in [5.41, 5.74) is 1.06. The Morgan fingerprint density at radius 2 is 2.35 bits per heavy atom. The van der Waals surface area contributed by atoms with Gasteiger partial charge in [-0.15, -0.1) is 11.3 Å². The van der Waals surface area contributed by atoms with Crippen LogP contribution in [0.3, 0.4) is 0 Å². The number of aryl methyl sites for hydroxylation is 1. The van der Waals surface area contributed by atoms with Crippen molar-refractivity contribution in [2.24, 2.45) is 0 Å². The molecular formula is C12H17N3OS. The number of rotatable bonds is 6. The Hall–Kier alpha value is -1.33. The van der Waals surface area contributed by atoms with Gasteiger partial charge in [0.15, 0.2) is 0 Å². The first-order valence-corrected chi connectivity index (χ1v) is 6.52. The number of aromatic amines is 1. The average molecular weight is 251 g/mol. The van der Waals surface area contributed by atoms with E-state index in [9.17, 15) is 0 Å². The van der Waals surface area contributed by atoms with E-state index in [2.05, 4.69) is 34.6 Å². The molecule has 0 amide bonds. The highest BCUT2D eigenvalue weighted by atomic mass is 32.1. The van der Waals surface area contributed by atoms with Crippen LogP contribution in [-0.2, 0) is 11.2 Å². The molecule has 2 rings (SSSR count). The van der Waals surface area contributed by atoms with Gasteiger partial charge in [-0.2, -0.15) is 5.10 Å². The van der Waals surface area contributed by atoms with Crippen molar-refractivity contribution in [2.45, 2.75) is 13.3 Å². The third-order valence-corrected chi connectivity index (χ3v) is 3.73. The lowest BCUT2D eigenvalue weighted by atomic mass is 10.3. The lowest BCUT2D eigenvalue weighted by Crippen LogP contribution is -2.07. The Morgan fingerprint density at radius 3 is 3.06 bits per heavy atom. The first-order valence-electron chi connectivity index (χ1n) is 5.70. The van der Waals surface area contributed by atoms with Crippen molar-refractivity contribution in [3.8, 4) is 10.6 Å². The van der Waals surface area contributed by atoms with Crippen LogP contribution in [0.4, 0.5) is 5.82 Å². The molecule has 0 atom stereocenters. The van der Waals surface area contributed by atoms with Gasteiger partial charge in [-0.1, -0.05) is 6.92 Å². The van der Waals surface area contributed by atoms with Gasteiger partial charge in [0.25, 0.3) is 0 Å². The average Bonchev–Trinajstić information content (AvgIpc) is 2.97. The largest absolute Gasteiger partial charge is 0.383 e. The van der Waals surface area contributed by atoms with Gasteiger partial charge in [-0.3, -0.25) is 5.10 Å². The fourth-order valence-corrected chi connectivity index (χ4v) is 2.45. The van der Waals surface area contributed by atoms with E-state index in [0.29, 0.717) is 6.61 Å². The maximum absolute atomic E-state index is 4.97. The highest BCUT2D eigenvalue weighted by molar-refractivity contribution is 7.15. The fourth-order valence-electron chi connectivity index (χ4n) is 1.53. The second-order valence-corrected chi connectivity index (χ2v) is 4.87. The Kier molecular flexibility index (Phi) is 4.17. The van der Waals surface area contributed by atoms with Crippen LogP contribution < -0.4 is 5.32 Å². The van der Waals surface area contributed by atoms with Crippen molar-refractivity contribution in [3.05, 3.63) is 23.1 Å². The maximum atomic E-state index is 4.97. The topological polar surface area (TPSA) is 49.9 Å². The van der Waals surface area contributed by atoms with Crippen molar-refractivity contribution >= 4 is 17.2 Å². The van der Waals surface area contributed by atoms with Crippen molar-refractivity contribution in [1.29, 1.82) is 0 Å². The number of H-pyrrole nitrogens is 1. The second kappa shape index (κ2) is 5.84. The summed E-state index contributed by atoms with van der Waals surface area (Å²) in [7, 11) is 1.69. The molecule has 0 aromatic carbocycles. The minimum atomic E-state index is 0.682. The molecule has 17 heavy (non-hydrogen) atoms. The highest BCUT2D eigenvalue weighted by Gasteiger charge is 2.05. The Labute approximate surface area is 105 Å². The van der Waals surface area contributed by atoms with Crippen molar-refractivity contribution in [3.63, 3.8) is 0 Å². The quantitative estimate of drug-likeness (QED) is 0.776. The third kappa shape index (κ3) is 3.08.